The maximum atomic E-state index is 10.6. The Hall–Kier alpha value is -1.84. The molecule has 2 N–H and O–H groups in total. The molecule has 19 heavy (non-hydrogen) atoms. The molecule has 2 atom stereocenters. The first-order valence-electron chi connectivity index (χ1n) is 6.43. The molecule has 0 aliphatic carbocycles. The van der Waals surface area contributed by atoms with Crippen LogP contribution in [0.5, 0.6) is 5.75 Å². The van der Waals surface area contributed by atoms with Crippen LogP contribution in [-0.2, 0) is 6.54 Å². The summed E-state index contributed by atoms with van der Waals surface area (Å²) in [6.07, 6.45) is -0.554. The summed E-state index contributed by atoms with van der Waals surface area (Å²) in [6, 6.07) is 15.8. The van der Waals surface area contributed by atoms with Gasteiger partial charge in [0.2, 0.25) is 0 Å². The van der Waals surface area contributed by atoms with Gasteiger partial charge < -0.3 is 15.2 Å². The van der Waals surface area contributed by atoms with E-state index in [2.05, 4.69) is 5.32 Å². The summed E-state index contributed by atoms with van der Waals surface area (Å²) < 4.78 is 5.24. The van der Waals surface area contributed by atoms with Crippen LogP contribution in [0.1, 0.15) is 28.8 Å². The van der Waals surface area contributed by atoms with Gasteiger partial charge in [-0.1, -0.05) is 36.4 Å². The summed E-state index contributed by atoms with van der Waals surface area (Å²) >= 11 is 0. The monoisotopic (exact) mass is 255 g/mol. The van der Waals surface area contributed by atoms with Crippen LogP contribution >= 0.6 is 0 Å². The lowest BCUT2D eigenvalue weighted by Crippen LogP contribution is -2.32. The van der Waals surface area contributed by atoms with E-state index in [1.165, 1.54) is 0 Å². The molecule has 0 spiro atoms. The Balaban J connectivity index is 1.97. The predicted molar refractivity (Wildman–Crippen MR) is 74.0 cm³/mol. The van der Waals surface area contributed by atoms with E-state index in [0.29, 0.717) is 0 Å². The first-order chi connectivity index (χ1) is 9.29. The van der Waals surface area contributed by atoms with Crippen molar-refractivity contribution in [3.8, 4) is 5.75 Å². The van der Waals surface area contributed by atoms with Crippen molar-refractivity contribution in [2.45, 2.75) is 18.7 Å². The van der Waals surface area contributed by atoms with E-state index in [4.69, 9.17) is 4.74 Å². The number of ether oxygens (including phenoxy) is 1. The van der Waals surface area contributed by atoms with Crippen LogP contribution in [0, 0.1) is 0 Å². The SMILES string of the molecule is COc1ccc2c(c1)[C@@H](O)[C@H](c1ccccc1)NC2. The second-order valence-corrected chi connectivity index (χ2v) is 4.78. The highest BCUT2D eigenvalue weighted by molar-refractivity contribution is 5.40. The Morgan fingerprint density at radius 1 is 1.16 bits per heavy atom. The molecule has 0 unspecified atom stereocenters. The second kappa shape index (κ2) is 5.03. The normalized spacial score (nSPS) is 21.8. The Morgan fingerprint density at radius 3 is 2.68 bits per heavy atom. The van der Waals surface area contributed by atoms with Gasteiger partial charge in [-0.15, -0.1) is 0 Å². The predicted octanol–water partition coefficient (Wildman–Crippen LogP) is 2.57. The average molecular weight is 255 g/mol. The van der Waals surface area contributed by atoms with Crippen molar-refractivity contribution in [1.82, 2.24) is 5.32 Å². The lowest BCUT2D eigenvalue weighted by molar-refractivity contribution is 0.117. The lowest BCUT2D eigenvalue weighted by Gasteiger charge is -2.31. The minimum absolute atomic E-state index is 0.0687. The molecule has 0 bridgehead atoms. The van der Waals surface area contributed by atoms with Crippen molar-refractivity contribution in [1.29, 1.82) is 0 Å². The molecule has 3 rings (SSSR count). The van der Waals surface area contributed by atoms with Gasteiger partial charge in [-0.05, 0) is 28.8 Å². The Labute approximate surface area is 112 Å². The number of nitrogens with one attached hydrogen (secondary N) is 1. The number of aliphatic hydroxyl groups excluding tert-OH is 1. The highest BCUT2D eigenvalue weighted by Gasteiger charge is 2.28. The van der Waals surface area contributed by atoms with E-state index in [9.17, 15) is 5.11 Å². The number of fused-ring (bicyclic) bond motifs is 1. The van der Waals surface area contributed by atoms with Gasteiger partial charge in [0.15, 0.2) is 0 Å². The smallest absolute Gasteiger partial charge is 0.119 e. The number of aliphatic hydroxyl groups is 1. The average Bonchev–Trinajstić information content (AvgIpc) is 2.48. The van der Waals surface area contributed by atoms with Crippen molar-refractivity contribution in [2.75, 3.05) is 7.11 Å². The molecule has 0 fully saturated rings. The van der Waals surface area contributed by atoms with Crippen molar-refractivity contribution < 1.29 is 9.84 Å². The molecular weight excluding hydrogens is 238 g/mol. The van der Waals surface area contributed by atoms with E-state index < -0.39 is 6.10 Å². The van der Waals surface area contributed by atoms with Gasteiger partial charge in [-0.3, -0.25) is 0 Å². The van der Waals surface area contributed by atoms with Crippen LogP contribution in [0.2, 0.25) is 0 Å². The van der Waals surface area contributed by atoms with Crippen molar-refractivity contribution in [3.05, 3.63) is 65.2 Å². The highest BCUT2D eigenvalue weighted by atomic mass is 16.5. The molecule has 0 aromatic heterocycles. The van der Waals surface area contributed by atoms with E-state index in [1.54, 1.807) is 7.11 Å². The molecule has 0 amide bonds. The largest absolute Gasteiger partial charge is 0.497 e. The van der Waals surface area contributed by atoms with Crippen molar-refractivity contribution >= 4 is 0 Å². The molecule has 0 radical (unpaired) electrons. The van der Waals surface area contributed by atoms with Gasteiger partial charge in [0, 0.05) is 6.54 Å². The number of hydrogen-bond acceptors (Lipinski definition) is 3. The van der Waals surface area contributed by atoms with Gasteiger partial charge in [0.1, 0.15) is 5.75 Å². The fourth-order valence-electron chi connectivity index (χ4n) is 2.61. The third kappa shape index (κ3) is 2.23. The first kappa shape index (κ1) is 12.2. The third-order valence-electron chi connectivity index (χ3n) is 3.66. The van der Waals surface area contributed by atoms with Crippen LogP contribution < -0.4 is 10.1 Å². The Bertz CT molecular complexity index is 568. The molecule has 1 heterocycles. The van der Waals surface area contributed by atoms with Gasteiger partial charge in [0.05, 0.1) is 19.3 Å². The van der Waals surface area contributed by atoms with Crippen molar-refractivity contribution in [3.63, 3.8) is 0 Å². The van der Waals surface area contributed by atoms with E-state index in [1.807, 2.05) is 48.5 Å². The first-order valence-corrected chi connectivity index (χ1v) is 6.43. The molecule has 1 aliphatic rings. The highest BCUT2D eigenvalue weighted by Crippen LogP contribution is 2.36. The summed E-state index contributed by atoms with van der Waals surface area (Å²) in [7, 11) is 1.64. The third-order valence-corrected chi connectivity index (χ3v) is 3.66. The zero-order chi connectivity index (χ0) is 13.2. The minimum atomic E-state index is -0.554. The topological polar surface area (TPSA) is 41.5 Å². The summed E-state index contributed by atoms with van der Waals surface area (Å²) in [4.78, 5) is 0. The van der Waals surface area contributed by atoms with Crippen LogP contribution in [0.3, 0.4) is 0 Å². The number of hydrogen-bond donors (Lipinski definition) is 2. The zero-order valence-corrected chi connectivity index (χ0v) is 10.8. The summed E-state index contributed by atoms with van der Waals surface area (Å²) in [5, 5.41) is 14.0. The van der Waals surface area contributed by atoms with E-state index in [-0.39, 0.29) is 6.04 Å². The molecular formula is C16H17NO2. The molecule has 3 nitrogen and oxygen atoms in total. The van der Waals surface area contributed by atoms with Gasteiger partial charge in [-0.2, -0.15) is 0 Å². The molecule has 0 saturated heterocycles. The molecule has 3 heteroatoms. The van der Waals surface area contributed by atoms with Crippen LogP contribution in [0.4, 0.5) is 0 Å². The number of methoxy groups -OCH3 is 1. The number of rotatable bonds is 2. The Kier molecular flexibility index (Phi) is 3.23. The molecule has 2 aromatic carbocycles. The maximum absolute atomic E-state index is 10.6. The van der Waals surface area contributed by atoms with E-state index >= 15 is 0 Å². The van der Waals surface area contributed by atoms with Crippen LogP contribution in [0.15, 0.2) is 48.5 Å². The maximum Gasteiger partial charge on any atom is 0.119 e. The quantitative estimate of drug-likeness (QED) is 0.866. The number of benzene rings is 2. The van der Waals surface area contributed by atoms with Crippen LogP contribution in [-0.4, -0.2) is 12.2 Å². The van der Waals surface area contributed by atoms with Gasteiger partial charge >= 0.3 is 0 Å². The van der Waals surface area contributed by atoms with Crippen LogP contribution in [0.25, 0.3) is 0 Å². The molecule has 1 aliphatic heterocycles. The van der Waals surface area contributed by atoms with Gasteiger partial charge in [0.25, 0.3) is 0 Å². The fraction of sp³-hybridized carbons (Fsp3) is 0.250. The fourth-order valence-corrected chi connectivity index (χ4v) is 2.61. The minimum Gasteiger partial charge on any atom is -0.497 e. The zero-order valence-electron chi connectivity index (χ0n) is 10.8. The summed E-state index contributed by atoms with van der Waals surface area (Å²) in [5.41, 5.74) is 3.18. The molecule has 2 aromatic rings. The molecule has 98 valence electrons. The standard InChI is InChI=1S/C16H17NO2/c1-19-13-8-7-12-10-17-15(16(18)14(12)9-13)11-5-3-2-4-6-11/h2-9,15-18H,10H2,1H3/t15-,16+/m0/s1. The lowest BCUT2D eigenvalue weighted by atomic mass is 9.89. The second-order valence-electron chi connectivity index (χ2n) is 4.78. The van der Waals surface area contributed by atoms with Crippen molar-refractivity contribution in [2.24, 2.45) is 0 Å². The summed E-state index contributed by atoms with van der Waals surface area (Å²) in [6.45, 7) is 0.760. The Morgan fingerprint density at radius 2 is 1.95 bits per heavy atom. The summed E-state index contributed by atoms with van der Waals surface area (Å²) in [5.74, 6) is 0.784. The van der Waals surface area contributed by atoms with E-state index in [0.717, 1.165) is 29.0 Å². The van der Waals surface area contributed by atoms with Gasteiger partial charge in [-0.25, -0.2) is 0 Å². The molecule has 0 saturated carbocycles.